The molecular weight excluding hydrogens is 270 g/mol. The van der Waals surface area contributed by atoms with Crippen LogP contribution in [0.3, 0.4) is 0 Å². The summed E-state index contributed by atoms with van der Waals surface area (Å²) >= 11 is 0. The molecule has 0 aliphatic heterocycles. The second-order valence-corrected chi connectivity index (χ2v) is 6.06. The largest absolute Gasteiger partial charge is 0.489 e. The average Bonchev–Trinajstić information content (AvgIpc) is 3.10. The van der Waals surface area contributed by atoms with Gasteiger partial charge in [-0.05, 0) is 18.9 Å². The van der Waals surface area contributed by atoms with E-state index in [-0.39, 0.29) is 11.7 Å². The molecule has 1 aromatic heterocycles. The van der Waals surface area contributed by atoms with Gasteiger partial charge in [0.25, 0.3) is 15.9 Å². The van der Waals surface area contributed by atoms with Crippen molar-refractivity contribution >= 4 is 15.9 Å². The number of sulfonamides is 1. The first-order valence-corrected chi connectivity index (χ1v) is 7.25. The minimum Gasteiger partial charge on any atom is -0.489 e. The number of carbonyl (C=O) groups is 1. The third kappa shape index (κ3) is 3.21. The third-order valence-corrected chi connectivity index (χ3v) is 3.42. The molecule has 0 saturated heterocycles. The zero-order chi connectivity index (χ0) is 14.2. The molecular formula is C11H15N3O4S. The van der Waals surface area contributed by atoms with Crippen LogP contribution in [0, 0.1) is 0 Å². The van der Waals surface area contributed by atoms with Crippen molar-refractivity contribution in [3.8, 4) is 5.75 Å². The van der Waals surface area contributed by atoms with Gasteiger partial charge < -0.3 is 9.64 Å². The molecule has 1 aromatic rings. The van der Waals surface area contributed by atoms with E-state index >= 15 is 0 Å². The first kappa shape index (κ1) is 13.8. The molecule has 0 radical (unpaired) electrons. The van der Waals surface area contributed by atoms with Gasteiger partial charge in [-0.1, -0.05) is 0 Å². The molecule has 0 bridgehead atoms. The maximum atomic E-state index is 12.0. The second kappa shape index (κ2) is 4.78. The Morgan fingerprint density at radius 1 is 1.47 bits per heavy atom. The number of hydrogen-bond acceptors (Lipinski definition) is 5. The van der Waals surface area contributed by atoms with E-state index in [2.05, 4.69) is 4.98 Å². The normalized spacial score (nSPS) is 15.1. The average molecular weight is 285 g/mol. The molecule has 19 heavy (non-hydrogen) atoms. The van der Waals surface area contributed by atoms with Gasteiger partial charge in [0.1, 0.15) is 5.75 Å². The van der Waals surface area contributed by atoms with Crippen LogP contribution in [0.25, 0.3) is 0 Å². The van der Waals surface area contributed by atoms with Crippen LogP contribution in [-0.2, 0) is 10.0 Å². The molecule has 1 saturated carbocycles. The highest BCUT2D eigenvalue weighted by atomic mass is 32.2. The lowest BCUT2D eigenvalue weighted by Gasteiger charge is -2.14. The summed E-state index contributed by atoms with van der Waals surface area (Å²) in [6, 6.07) is 1.37. The molecule has 1 aliphatic carbocycles. The van der Waals surface area contributed by atoms with Crippen molar-refractivity contribution in [2.24, 2.45) is 5.14 Å². The van der Waals surface area contributed by atoms with E-state index in [0.717, 1.165) is 12.8 Å². The fourth-order valence-corrected chi connectivity index (χ4v) is 2.15. The smallest absolute Gasteiger partial charge is 0.256 e. The molecule has 8 heteroatoms. The lowest BCUT2D eigenvalue weighted by atomic mass is 10.2. The summed E-state index contributed by atoms with van der Waals surface area (Å²) in [7, 11) is -1.02. The molecule has 2 rings (SSSR count). The monoisotopic (exact) mass is 285 g/mol. The van der Waals surface area contributed by atoms with Gasteiger partial charge in [0.15, 0.2) is 5.03 Å². The highest BCUT2D eigenvalue weighted by Gasteiger charge is 2.27. The van der Waals surface area contributed by atoms with Crippen LogP contribution >= 0.6 is 0 Å². The van der Waals surface area contributed by atoms with E-state index in [0.29, 0.717) is 5.75 Å². The van der Waals surface area contributed by atoms with Crippen molar-refractivity contribution < 1.29 is 17.9 Å². The predicted molar refractivity (Wildman–Crippen MR) is 67.3 cm³/mol. The number of ether oxygens (including phenoxy) is 1. The summed E-state index contributed by atoms with van der Waals surface area (Å²) in [6.07, 6.45) is 3.30. The standard InChI is InChI=1S/C11H15N3O4S/c1-14(2)11(15)9-5-8(18-7-3-4-7)6-13-10(9)19(12,16)17/h5-7H,3-4H2,1-2H3,(H2,12,16,17). The quantitative estimate of drug-likeness (QED) is 0.837. The molecule has 7 nitrogen and oxygen atoms in total. The Kier molecular flexibility index (Phi) is 3.46. The fraction of sp³-hybridized carbons (Fsp3) is 0.455. The summed E-state index contributed by atoms with van der Waals surface area (Å²) < 4.78 is 28.4. The molecule has 0 atom stereocenters. The Morgan fingerprint density at radius 3 is 2.58 bits per heavy atom. The Bertz CT molecular complexity index is 608. The number of nitrogens with zero attached hydrogens (tertiary/aromatic N) is 2. The van der Waals surface area contributed by atoms with Crippen LogP contribution in [0.2, 0.25) is 0 Å². The van der Waals surface area contributed by atoms with Crippen LogP contribution in [-0.4, -0.2) is 44.4 Å². The van der Waals surface area contributed by atoms with Crippen LogP contribution in [0.15, 0.2) is 17.3 Å². The number of carbonyl (C=O) groups excluding carboxylic acids is 1. The minimum atomic E-state index is -4.06. The number of hydrogen-bond donors (Lipinski definition) is 1. The van der Waals surface area contributed by atoms with Crippen molar-refractivity contribution in [1.82, 2.24) is 9.88 Å². The van der Waals surface area contributed by atoms with Gasteiger partial charge in [0.05, 0.1) is 17.9 Å². The van der Waals surface area contributed by atoms with Crippen molar-refractivity contribution in [1.29, 1.82) is 0 Å². The van der Waals surface area contributed by atoms with Gasteiger partial charge in [-0.2, -0.15) is 0 Å². The molecule has 1 amide bonds. The van der Waals surface area contributed by atoms with Gasteiger partial charge in [-0.15, -0.1) is 0 Å². The summed E-state index contributed by atoms with van der Waals surface area (Å²) in [5, 5.41) is 4.62. The number of primary sulfonamides is 1. The highest BCUT2D eigenvalue weighted by molar-refractivity contribution is 7.89. The molecule has 0 unspecified atom stereocenters. The van der Waals surface area contributed by atoms with Crippen LogP contribution in [0.5, 0.6) is 5.75 Å². The van der Waals surface area contributed by atoms with Crippen molar-refractivity contribution in [3.63, 3.8) is 0 Å². The number of amides is 1. The molecule has 0 aromatic carbocycles. The van der Waals surface area contributed by atoms with Crippen molar-refractivity contribution in [2.75, 3.05) is 14.1 Å². The molecule has 0 spiro atoms. The first-order valence-electron chi connectivity index (χ1n) is 5.70. The van der Waals surface area contributed by atoms with E-state index in [1.54, 1.807) is 0 Å². The predicted octanol–water partition coefficient (Wildman–Crippen LogP) is -0.0280. The zero-order valence-electron chi connectivity index (χ0n) is 10.7. The molecule has 2 N–H and O–H groups in total. The molecule has 104 valence electrons. The third-order valence-electron chi connectivity index (χ3n) is 2.56. The first-order chi connectivity index (χ1) is 8.79. The molecule has 1 aliphatic rings. The lowest BCUT2D eigenvalue weighted by molar-refractivity contribution is 0.0822. The summed E-state index contributed by atoms with van der Waals surface area (Å²) in [4.78, 5) is 17.0. The Hall–Kier alpha value is -1.67. The van der Waals surface area contributed by atoms with Gasteiger partial charge in [-0.3, -0.25) is 4.79 Å². The van der Waals surface area contributed by atoms with Crippen LogP contribution in [0.4, 0.5) is 0 Å². The number of aromatic nitrogens is 1. The van der Waals surface area contributed by atoms with Crippen LogP contribution in [0.1, 0.15) is 23.2 Å². The van der Waals surface area contributed by atoms with Gasteiger partial charge in [0, 0.05) is 14.1 Å². The van der Waals surface area contributed by atoms with E-state index in [9.17, 15) is 13.2 Å². The molecule has 1 fully saturated rings. The maximum Gasteiger partial charge on any atom is 0.256 e. The Balaban J connectivity index is 2.46. The zero-order valence-corrected chi connectivity index (χ0v) is 11.5. The van der Waals surface area contributed by atoms with Crippen molar-refractivity contribution in [2.45, 2.75) is 24.0 Å². The topological polar surface area (TPSA) is 103 Å². The van der Waals surface area contributed by atoms with Gasteiger partial charge >= 0.3 is 0 Å². The summed E-state index contributed by atoms with van der Waals surface area (Å²) in [6.45, 7) is 0. The Morgan fingerprint density at radius 2 is 2.11 bits per heavy atom. The van der Waals surface area contributed by atoms with E-state index in [4.69, 9.17) is 9.88 Å². The molecule has 1 heterocycles. The SMILES string of the molecule is CN(C)C(=O)c1cc(OC2CC2)cnc1S(N)(=O)=O. The Labute approximate surface area is 111 Å². The van der Waals surface area contributed by atoms with Crippen LogP contribution < -0.4 is 9.88 Å². The lowest BCUT2D eigenvalue weighted by Crippen LogP contribution is -2.26. The number of nitrogens with two attached hydrogens (primary N) is 1. The number of rotatable bonds is 4. The van der Waals surface area contributed by atoms with Gasteiger partial charge in [0.2, 0.25) is 0 Å². The van der Waals surface area contributed by atoms with Crippen molar-refractivity contribution in [3.05, 3.63) is 17.8 Å². The van der Waals surface area contributed by atoms with E-state index in [1.165, 1.54) is 31.3 Å². The number of pyridine rings is 1. The second-order valence-electron chi connectivity index (χ2n) is 4.59. The maximum absolute atomic E-state index is 12.0. The van der Waals surface area contributed by atoms with E-state index in [1.807, 2.05) is 0 Å². The highest BCUT2D eigenvalue weighted by Crippen LogP contribution is 2.28. The summed E-state index contributed by atoms with van der Waals surface area (Å²) in [5.41, 5.74) is -0.0781. The summed E-state index contributed by atoms with van der Waals surface area (Å²) in [5.74, 6) is -0.113. The fourth-order valence-electron chi connectivity index (χ4n) is 1.50. The minimum absolute atomic E-state index is 0.0781. The van der Waals surface area contributed by atoms with E-state index < -0.39 is 21.0 Å². The van der Waals surface area contributed by atoms with Gasteiger partial charge in [-0.25, -0.2) is 18.5 Å².